The van der Waals surface area contributed by atoms with Crippen LogP contribution in [0.15, 0.2) is 41.8 Å². The van der Waals surface area contributed by atoms with Gasteiger partial charge in [0.15, 0.2) is 5.78 Å². The van der Waals surface area contributed by atoms with E-state index in [9.17, 15) is 4.79 Å². The zero-order valence-corrected chi connectivity index (χ0v) is 13.1. The molecule has 0 radical (unpaired) electrons. The van der Waals surface area contributed by atoms with Crippen molar-refractivity contribution in [2.24, 2.45) is 0 Å². The van der Waals surface area contributed by atoms with Gasteiger partial charge in [0.25, 0.3) is 0 Å². The maximum atomic E-state index is 11.6. The number of nitrogens with one attached hydrogen (secondary N) is 1. The van der Waals surface area contributed by atoms with Crippen LogP contribution in [0.2, 0.25) is 0 Å². The summed E-state index contributed by atoms with van der Waals surface area (Å²) < 4.78 is 0. The smallest absolute Gasteiger partial charge is 0.162 e. The highest BCUT2D eigenvalue weighted by atomic mass is 32.1. The zero-order chi connectivity index (χ0) is 14.6. The largest absolute Gasteiger partial charge is 0.384 e. The third-order valence-electron chi connectivity index (χ3n) is 3.45. The summed E-state index contributed by atoms with van der Waals surface area (Å²) in [6, 6.07) is 12.0. The summed E-state index contributed by atoms with van der Waals surface area (Å²) in [4.78, 5) is 13.0. The first-order chi connectivity index (χ1) is 9.53. The predicted octanol–water partition coefficient (Wildman–Crippen LogP) is 4.73. The van der Waals surface area contributed by atoms with Gasteiger partial charge in [-0.1, -0.05) is 26.8 Å². The standard InChI is InChI=1S/C17H21NOS/c1-4-15(19)13-7-9-14(10-8-13)18-12-17(2,3)16-6-5-11-20-16/h5-11,18H,4,12H2,1-3H3. The summed E-state index contributed by atoms with van der Waals surface area (Å²) in [7, 11) is 0. The second-order valence-corrected chi connectivity index (χ2v) is 6.52. The number of carbonyl (C=O) groups is 1. The number of hydrogen-bond donors (Lipinski definition) is 1. The van der Waals surface area contributed by atoms with Crippen molar-refractivity contribution in [3.05, 3.63) is 52.2 Å². The van der Waals surface area contributed by atoms with Gasteiger partial charge in [-0.15, -0.1) is 11.3 Å². The number of carbonyl (C=O) groups excluding carboxylic acids is 1. The summed E-state index contributed by atoms with van der Waals surface area (Å²) in [5.74, 6) is 0.190. The first kappa shape index (κ1) is 14.8. The van der Waals surface area contributed by atoms with Crippen molar-refractivity contribution < 1.29 is 4.79 Å². The number of benzene rings is 1. The molecule has 1 aromatic heterocycles. The monoisotopic (exact) mass is 287 g/mol. The molecule has 2 aromatic rings. The molecule has 0 aliphatic rings. The number of Topliss-reactive ketones (excluding diaryl/α,β-unsaturated/α-hetero) is 1. The first-order valence-electron chi connectivity index (χ1n) is 6.94. The van der Waals surface area contributed by atoms with E-state index in [2.05, 4.69) is 36.7 Å². The Morgan fingerprint density at radius 2 is 1.90 bits per heavy atom. The van der Waals surface area contributed by atoms with Crippen molar-refractivity contribution in [1.29, 1.82) is 0 Å². The van der Waals surface area contributed by atoms with E-state index in [1.165, 1.54) is 4.88 Å². The Balaban J connectivity index is 1.99. The second-order valence-electron chi connectivity index (χ2n) is 5.57. The number of thiophene rings is 1. The average Bonchev–Trinajstić information content (AvgIpc) is 3.00. The van der Waals surface area contributed by atoms with Crippen LogP contribution in [0.1, 0.15) is 42.4 Å². The van der Waals surface area contributed by atoms with Crippen molar-refractivity contribution >= 4 is 22.8 Å². The summed E-state index contributed by atoms with van der Waals surface area (Å²) >= 11 is 1.79. The minimum Gasteiger partial charge on any atom is -0.384 e. The maximum absolute atomic E-state index is 11.6. The molecule has 0 saturated carbocycles. The highest BCUT2D eigenvalue weighted by Crippen LogP contribution is 2.27. The summed E-state index contributed by atoms with van der Waals surface area (Å²) in [5.41, 5.74) is 1.95. The van der Waals surface area contributed by atoms with Crippen LogP contribution < -0.4 is 5.32 Å². The molecule has 1 heterocycles. The Hall–Kier alpha value is -1.61. The SMILES string of the molecule is CCC(=O)c1ccc(NCC(C)(C)c2cccs2)cc1. The minimum atomic E-state index is 0.103. The normalized spacial score (nSPS) is 11.3. The molecule has 0 aliphatic heterocycles. The van der Waals surface area contributed by atoms with E-state index >= 15 is 0 Å². The molecule has 0 amide bonds. The van der Waals surface area contributed by atoms with Crippen molar-refractivity contribution in [1.82, 2.24) is 0 Å². The summed E-state index contributed by atoms with van der Waals surface area (Å²) in [6.45, 7) is 7.23. The molecule has 106 valence electrons. The number of hydrogen-bond acceptors (Lipinski definition) is 3. The lowest BCUT2D eigenvalue weighted by molar-refractivity contribution is 0.0988. The van der Waals surface area contributed by atoms with Gasteiger partial charge in [-0.2, -0.15) is 0 Å². The molecule has 0 spiro atoms. The highest BCUT2D eigenvalue weighted by molar-refractivity contribution is 7.10. The molecule has 0 fully saturated rings. The van der Waals surface area contributed by atoms with Crippen LogP contribution in [0.3, 0.4) is 0 Å². The molecule has 1 aromatic carbocycles. The minimum absolute atomic E-state index is 0.103. The fourth-order valence-corrected chi connectivity index (χ4v) is 2.90. The first-order valence-corrected chi connectivity index (χ1v) is 7.82. The molecular formula is C17H21NOS. The van der Waals surface area contributed by atoms with Crippen molar-refractivity contribution in [2.45, 2.75) is 32.6 Å². The molecular weight excluding hydrogens is 266 g/mol. The van der Waals surface area contributed by atoms with Gasteiger partial charge in [0.2, 0.25) is 0 Å². The molecule has 20 heavy (non-hydrogen) atoms. The Morgan fingerprint density at radius 3 is 2.45 bits per heavy atom. The van der Waals surface area contributed by atoms with Crippen LogP contribution in [0.5, 0.6) is 0 Å². The summed E-state index contributed by atoms with van der Waals surface area (Å²) in [6.07, 6.45) is 0.554. The number of rotatable bonds is 6. The molecule has 2 nitrogen and oxygen atoms in total. The van der Waals surface area contributed by atoms with Crippen LogP contribution in [0.25, 0.3) is 0 Å². The molecule has 0 bridgehead atoms. The van der Waals surface area contributed by atoms with Crippen LogP contribution in [0.4, 0.5) is 5.69 Å². The zero-order valence-electron chi connectivity index (χ0n) is 12.3. The maximum Gasteiger partial charge on any atom is 0.162 e. The fraction of sp³-hybridized carbons (Fsp3) is 0.353. The van der Waals surface area contributed by atoms with Gasteiger partial charge in [0.1, 0.15) is 0 Å². The number of anilines is 1. The molecule has 0 saturated heterocycles. The van der Waals surface area contributed by atoms with Gasteiger partial charge in [-0.3, -0.25) is 4.79 Å². The predicted molar refractivity (Wildman–Crippen MR) is 86.9 cm³/mol. The van der Waals surface area contributed by atoms with Gasteiger partial charge in [0, 0.05) is 34.5 Å². The van der Waals surface area contributed by atoms with Gasteiger partial charge >= 0.3 is 0 Å². The van der Waals surface area contributed by atoms with Crippen LogP contribution in [0, 0.1) is 0 Å². The lowest BCUT2D eigenvalue weighted by Crippen LogP contribution is -2.26. The Kier molecular flexibility index (Phi) is 4.61. The molecule has 0 unspecified atom stereocenters. The van der Waals surface area contributed by atoms with Crippen molar-refractivity contribution in [3.63, 3.8) is 0 Å². The van der Waals surface area contributed by atoms with E-state index in [-0.39, 0.29) is 11.2 Å². The van der Waals surface area contributed by atoms with Gasteiger partial charge < -0.3 is 5.32 Å². The van der Waals surface area contributed by atoms with Crippen molar-refractivity contribution in [2.75, 3.05) is 11.9 Å². The molecule has 1 N–H and O–H groups in total. The van der Waals surface area contributed by atoms with Crippen LogP contribution in [-0.2, 0) is 5.41 Å². The average molecular weight is 287 g/mol. The molecule has 3 heteroatoms. The Labute approximate surface area is 124 Å². The number of ketones is 1. The Bertz CT molecular complexity index is 555. The van der Waals surface area contributed by atoms with E-state index in [0.29, 0.717) is 6.42 Å². The lowest BCUT2D eigenvalue weighted by Gasteiger charge is -2.24. The van der Waals surface area contributed by atoms with E-state index in [0.717, 1.165) is 17.8 Å². The van der Waals surface area contributed by atoms with Crippen LogP contribution in [-0.4, -0.2) is 12.3 Å². The summed E-state index contributed by atoms with van der Waals surface area (Å²) in [5, 5.41) is 5.57. The second kappa shape index (κ2) is 6.23. The highest BCUT2D eigenvalue weighted by Gasteiger charge is 2.21. The third kappa shape index (κ3) is 3.48. The van der Waals surface area contributed by atoms with E-state index in [4.69, 9.17) is 0 Å². The molecule has 0 atom stereocenters. The van der Waals surface area contributed by atoms with E-state index in [1.54, 1.807) is 11.3 Å². The van der Waals surface area contributed by atoms with Gasteiger partial charge in [-0.25, -0.2) is 0 Å². The van der Waals surface area contributed by atoms with E-state index < -0.39 is 0 Å². The van der Waals surface area contributed by atoms with Crippen LogP contribution >= 0.6 is 11.3 Å². The quantitative estimate of drug-likeness (QED) is 0.778. The van der Waals surface area contributed by atoms with Gasteiger partial charge in [0.05, 0.1) is 0 Å². The Morgan fingerprint density at radius 1 is 1.20 bits per heavy atom. The molecule has 0 aliphatic carbocycles. The van der Waals surface area contributed by atoms with Crippen molar-refractivity contribution in [3.8, 4) is 0 Å². The topological polar surface area (TPSA) is 29.1 Å². The fourth-order valence-electron chi connectivity index (χ4n) is 2.05. The molecule has 2 rings (SSSR count). The third-order valence-corrected chi connectivity index (χ3v) is 4.69. The van der Waals surface area contributed by atoms with Gasteiger partial charge in [-0.05, 0) is 35.7 Å². The van der Waals surface area contributed by atoms with E-state index in [1.807, 2.05) is 31.2 Å². The lowest BCUT2D eigenvalue weighted by atomic mass is 9.91.